The minimum Gasteiger partial charge on any atom is -0.351 e. The third kappa shape index (κ3) is 2.95. The van der Waals surface area contributed by atoms with Crippen LogP contribution in [0.3, 0.4) is 0 Å². The van der Waals surface area contributed by atoms with Crippen molar-refractivity contribution < 1.29 is 18.4 Å². The summed E-state index contributed by atoms with van der Waals surface area (Å²) in [5.74, 6) is -1.59. The van der Waals surface area contributed by atoms with Gasteiger partial charge in [0.2, 0.25) is 5.91 Å². The summed E-state index contributed by atoms with van der Waals surface area (Å²) in [7, 11) is 0. The summed E-state index contributed by atoms with van der Waals surface area (Å²) in [5.41, 5.74) is 4.55. The Balaban J connectivity index is 1.80. The van der Waals surface area contributed by atoms with Crippen molar-refractivity contribution in [2.75, 3.05) is 13.1 Å². The van der Waals surface area contributed by atoms with Crippen LogP contribution in [-0.4, -0.2) is 36.0 Å². The average Bonchev–Trinajstić information content (AvgIpc) is 3.17. The van der Waals surface area contributed by atoms with E-state index < -0.39 is 23.1 Å². The molecule has 1 aromatic rings. The molecule has 1 saturated heterocycles. The van der Waals surface area contributed by atoms with Crippen LogP contribution in [0.2, 0.25) is 0 Å². The van der Waals surface area contributed by atoms with Gasteiger partial charge < -0.3 is 16.0 Å². The largest absolute Gasteiger partial charge is 0.351 e. The van der Waals surface area contributed by atoms with Crippen LogP contribution in [0.5, 0.6) is 0 Å². The number of rotatable bonds is 3. The maximum Gasteiger partial charge on any atom is 0.314 e. The normalized spacial score (nSPS) is 22.6. The summed E-state index contributed by atoms with van der Waals surface area (Å²) in [6.07, 6.45) is 3.34. The third-order valence-electron chi connectivity index (χ3n) is 5.17. The number of halogens is 2. The van der Waals surface area contributed by atoms with E-state index in [4.69, 9.17) is 5.73 Å². The van der Waals surface area contributed by atoms with Gasteiger partial charge in [0, 0.05) is 30.8 Å². The SMILES string of the molecule is NC(=O)N1CC[C@H](NC(=O)C2(c3ccc(F)cc3F)CCCC2)C1. The number of carbonyl (C=O) groups excluding carboxylic acids is 2. The van der Waals surface area contributed by atoms with Gasteiger partial charge in [0.1, 0.15) is 11.6 Å². The van der Waals surface area contributed by atoms with Gasteiger partial charge in [-0.15, -0.1) is 0 Å². The fourth-order valence-electron chi connectivity index (χ4n) is 3.88. The second-order valence-corrected chi connectivity index (χ2v) is 6.66. The van der Waals surface area contributed by atoms with Crippen LogP contribution in [0, 0.1) is 11.6 Å². The van der Waals surface area contributed by atoms with E-state index in [1.807, 2.05) is 0 Å². The van der Waals surface area contributed by atoms with Gasteiger partial charge in [0.05, 0.1) is 5.41 Å². The minimum atomic E-state index is -0.960. The van der Waals surface area contributed by atoms with Crippen LogP contribution < -0.4 is 11.1 Å². The average molecular weight is 337 g/mol. The van der Waals surface area contributed by atoms with Crippen molar-refractivity contribution in [2.24, 2.45) is 5.73 Å². The molecule has 130 valence electrons. The Labute approximate surface area is 139 Å². The molecular formula is C17H21F2N3O2. The lowest BCUT2D eigenvalue weighted by atomic mass is 9.77. The zero-order valence-corrected chi connectivity index (χ0v) is 13.4. The Morgan fingerprint density at radius 2 is 1.96 bits per heavy atom. The summed E-state index contributed by atoms with van der Waals surface area (Å²) in [6, 6.07) is 2.70. The Morgan fingerprint density at radius 3 is 2.54 bits per heavy atom. The molecule has 24 heavy (non-hydrogen) atoms. The zero-order valence-electron chi connectivity index (χ0n) is 13.4. The molecule has 3 N–H and O–H groups in total. The number of primary amides is 1. The first-order valence-electron chi connectivity index (χ1n) is 8.23. The van der Waals surface area contributed by atoms with Crippen molar-refractivity contribution in [3.05, 3.63) is 35.4 Å². The van der Waals surface area contributed by atoms with Crippen LogP contribution in [0.25, 0.3) is 0 Å². The van der Waals surface area contributed by atoms with Crippen LogP contribution in [0.1, 0.15) is 37.7 Å². The number of likely N-dealkylation sites (tertiary alicyclic amines) is 1. The highest BCUT2D eigenvalue weighted by Gasteiger charge is 2.45. The van der Waals surface area contributed by atoms with E-state index in [0.717, 1.165) is 18.9 Å². The Morgan fingerprint density at radius 1 is 1.25 bits per heavy atom. The highest BCUT2D eigenvalue weighted by Crippen LogP contribution is 2.42. The monoisotopic (exact) mass is 337 g/mol. The Hall–Kier alpha value is -2.18. The van der Waals surface area contributed by atoms with E-state index in [0.29, 0.717) is 32.4 Å². The molecule has 1 atom stereocenters. The lowest BCUT2D eigenvalue weighted by Gasteiger charge is -2.30. The van der Waals surface area contributed by atoms with E-state index in [-0.39, 0.29) is 17.5 Å². The van der Waals surface area contributed by atoms with Gasteiger partial charge in [0.15, 0.2) is 0 Å². The maximum atomic E-state index is 14.3. The molecule has 1 saturated carbocycles. The number of nitrogens with zero attached hydrogens (tertiary/aromatic N) is 1. The number of hydrogen-bond acceptors (Lipinski definition) is 2. The minimum absolute atomic E-state index is 0.189. The standard InChI is InChI=1S/C17H21F2N3O2/c18-11-3-4-13(14(19)9-11)17(6-1-2-7-17)15(23)21-12-5-8-22(10-12)16(20)24/h3-4,9,12H,1-2,5-8,10H2,(H2,20,24)(H,21,23)/t12-/m0/s1. The van der Waals surface area contributed by atoms with Gasteiger partial charge in [-0.2, -0.15) is 0 Å². The number of amides is 3. The molecule has 0 aromatic heterocycles. The number of nitrogens with two attached hydrogens (primary N) is 1. The van der Waals surface area contributed by atoms with Gasteiger partial charge in [-0.3, -0.25) is 4.79 Å². The molecule has 3 amide bonds. The number of nitrogens with one attached hydrogen (secondary N) is 1. The highest BCUT2D eigenvalue weighted by molar-refractivity contribution is 5.89. The van der Waals surface area contributed by atoms with Crippen molar-refractivity contribution in [3.63, 3.8) is 0 Å². The zero-order chi connectivity index (χ0) is 17.3. The molecule has 1 heterocycles. The molecule has 2 aliphatic rings. The second kappa shape index (κ2) is 6.37. The van der Waals surface area contributed by atoms with E-state index in [1.165, 1.54) is 17.0 Å². The van der Waals surface area contributed by atoms with Crippen molar-refractivity contribution in [3.8, 4) is 0 Å². The van der Waals surface area contributed by atoms with Crippen LogP contribution in [-0.2, 0) is 10.2 Å². The molecule has 2 fully saturated rings. The van der Waals surface area contributed by atoms with Crippen molar-refractivity contribution in [1.82, 2.24) is 10.2 Å². The summed E-state index contributed by atoms with van der Waals surface area (Å²) in [6.45, 7) is 0.862. The lowest BCUT2D eigenvalue weighted by Crippen LogP contribution is -2.48. The predicted octanol–water partition coefficient (Wildman–Crippen LogP) is 2.05. The van der Waals surface area contributed by atoms with Gasteiger partial charge in [-0.05, 0) is 25.3 Å². The summed E-state index contributed by atoms with van der Waals surface area (Å²) < 4.78 is 27.5. The quantitative estimate of drug-likeness (QED) is 0.886. The molecule has 0 radical (unpaired) electrons. The summed E-state index contributed by atoms with van der Waals surface area (Å²) >= 11 is 0. The number of hydrogen-bond donors (Lipinski definition) is 2. The molecule has 1 aromatic carbocycles. The first kappa shape index (κ1) is 16.7. The van der Waals surface area contributed by atoms with E-state index >= 15 is 0 Å². The molecule has 5 nitrogen and oxygen atoms in total. The lowest BCUT2D eigenvalue weighted by molar-refractivity contribution is -0.127. The fourth-order valence-corrected chi connectivity index (χ4v) is 3.88. The van der Waals surface area contributed by atoms with Gasteiger partial charge in [-0.1, -0.05) is 18.9 Å². The van der Waals surface area contributed by atoms with Crippen LogP contribution in [0.15, 0.2) is 18.2 Å². The molecular weight excluding hydrogens is 316 g/mol. The van der Waals surface area contributed by atoms with Gasteiger partial charge in [-0.25, -0.2) is 13.6 Å². The van der Waals surface area contributed by atoms with E-state index in [1.54, 1.807) is 0 Å². The molecule has 3 rings (SSSR count). The smallest absolute Gasteiger partial charge is 0.314 e. The number of benzene rings is 1. The molecule has 0 unspecified atom stereocenters. The van der Waals surface area contributed by atoms with E-state index in [9.17, 15) is 18.4 Å². The topological polar surface area (TPSA) is 75.4 Å². The highest BCUT2D eigenvalue weighted by atomic mass is 19.1. The first-order chi connectivity index (χ1) is 11.4. The fraction of sp³-hybridized carbons (Fsp3) is 0.529. The molecule has 0 bridgehead atoms. The molecule has 7 heteroatoms. The third-order valence-corrected chi connectivity index (χ3v) is 5.17. The predicted molar refractivity (Wildman–Crippen MR) is 84.2 cm³/mol. The maximum absolute atomic E-state index is 14.3. The first-order valence-corrected chi connectivity index (χ1v) is 8.23. The molecule has 1 aliphatic heterocycles. The second-order valence-electron chi connectivity index (χ2n) is 6.66. The molecule has 0 spiro atoms. The van der Waals surface area contributed by atoms with E-state index in [2.05, 4.69) is 5.32 Å². The Kier molecular flexibility index (Phi) is 4.43. The summed E-state index contributed by atoms with van der Waals surface area (Å²) in [4.78, 5) is 25.6. The van der Waals surface area contributed by atoms with Crippen LogP contribution >= 0.6 is 0 Å². The van der Waals surface area contributed by atoms with Gasteiger partial charge >= 0.3 is 6.03 Å². The van der Waals surface area contributed by atoms with Crippen LogP contribution in [0.4, 0.5) is 13.6 Å². The Bertz CT molecular complexity index is 659. The number of urea groups is 1. The van der Waals surface area contributed by atoms with Gasteiger partial charge in [0.25, 0.3) is 0 Å². The number of carbonyl (C=O) groups is 2. The van der Waals surface area contributed by atoms with Crippen molar-refractivity contribution >= 4 is 11.9 Å². The molecule has 1 aliphatic carbocycles. The van der Waals surface area contributed by atoms with Crippen molar-refractivity contribution in [2.45, 2.75) is 43.6 Å². The van der Waals surface area contributed by atoms with Crippen molar-refractivity contribution in [1.29, 1.82) is 0 Å². The summed E-state index contributed by atoms with van der Waals surface area (Å²) in [5, 5.41) is 2.94.